The molecule has 6 heteroatoms. The van der Waals surface area contributed by atoms with E-state index in [1.807, 2.05) is 48.1 Å². The third-order valence-electron chi connectivity index (χ3n) is 5.56. The minimum Gasteiger partial charge on any atom is -0.315 e. The molecule has 0 unspecified atom stereocenters. The number of pyridine rings is 2. The zero-order chi connectivity index (χ0) is 19.3. The van der Waals surface area contributed by atoms with Crippen LogP contribution >= 0.6 is 0 Å². The van der Waals surface area contributed by atoms with Crippen LogP contribution in [-0.4, -0.2) is 27.0 Å². The van der Waals surface area contributed by atoms with Crippen LogP contribution in [0, 0.1) is 12.7 Å². The van der Waals surface area contributed by atoms with Crippen molar-refractivity contribution in [2.75, 3.05) is 13.1 Å². The number of aromatic nitrogens is 3. The molecule has 0 spiro atoms. The van der Waals surface area contributed by atoms with Crippen LogP contribution in [0.25, 0.3) is 27.5 Å². The maximum atomic E-state index is 14.4. The number of hydrogen-bond donors (Lipinski definition) is 1. The summed E-state index contributed by atoms with van der Waals surface area (Å²) in [6.45, 7) is 3.68. The number of nitrogens with zero attached hydrogens (tertiary/aromatic N) is 3. The van der Waals surface area contributed by atoms with Gasteiger partial charge in [-0.05, 0) is 61.5 Å². The van der Waals surface area contributed by atoms with E-state index in [9.17, 15) is 9.18 Å². The topological polar surface area (TPSA) is 51.3 Å². The molecular formula is C22H21FN4O. The molecule has 5 nitrogen and oxygen atoms in total. The largest absolute Gasteiger partial charge is 0.315 e. The fourth-order valence-corrected chi connectivity index (χ4v) is 4.14. The van der Waals surface area contributed by atoms with E-state index >= 15 is 0 Å². The molecule has 0 amide bonds. The van der Waals surface area contributed by atoms with Crippen molar-refractivity contribution < 1.29 is 4.39 Å². The second kappa shape index (κ2) is 6.56. The van der Waals surface area contributed by atoms with Gasteiger partial charge in [-0.15, -0.1) is 0 Å². The minimum absolute atomic E-state index is 0.0321. The van der Waals surface area contributed by atoms with E-state index in [1.165, 1.54) is 6.07 Å². The molecule has 1 saturated heterocycles. The van der Waals surface area contributed by atoms with Gasteiger partial charge in [-0.3, -0.25) is 4.79 Å². The molecule has 3 aromatic heterocycles. The van der Waals surface area contributed by atoms with Gasteiger partial charge in [0.25, 0.3) is 5.56 Å². The van der Waals surface area contributed by atoms with Crippen molar-refractivity contribution in [1.29, 1.82) is 0 Å². The first-order valence-electron chi connectivity index (χ1n) is 9.61. The molecule has 28 heavy (non-hydrogen) atoms. The third kappa shape index (κ3) is 2.81. The summed E-state index contributed by atoms with van der Waals surface area (Å²) in [7, 11) is 0. The number of piperidine rings is 1. The molecule has 1 N–H and O–H groups in total. The molecule has 1 atom stereocenters. The second-order valence-electron chi connectivity index (χ2n) is 7.52. The van der Waals surface area contributed by atoms with Gasteiger partial charge in [-0.2, -0.15) is 0 Å². The molecule has 1 aliphatic rings. The van der Waals surface area contributed by atoms with Crippen LogP contribution in [-0.2, 0) is 0 Å². The Kier molecular flexibility index (Phi) is 4.02. The van der Waals surface area contributed by atoms with Crippen LogP contribution in [0.1, 0.15) is 24.6 Å². The van der Waals surface area contributed by atoms with Crippen molar-refractivity contribution in [2.45, 2.75) is 25.8 Å². The fourth-order valence-electron chi connectivity index (χ4n) is 4.14. The number of rotatable bonds is 2. The number of fused-ring (bicyclic) bond motifs is 2. The van der Waals surface area contributed by atoms with Crippen molar-refractivity contribution in [1.82, 2.24) is 19.3 Å². The molecule has 0 bridgehead atoms. The SMILES string of the molecule is Cc1cn2cc(-c3ccc4c(=O)n([C@H]5CCCNC5)ccc4c3)cc(F)c2n1. The number of aryl methyl sites for hydroxylation is 1. The fraction of sp³-hybridized carbons (Fsp3) is 0.273. The predicted molar refractivity (Wildman–Crippen MR) is 108 cm³/mol. The van der Waals surface area contributed by atoms with Crippen LogP contribution in [0.2, 0.25) is 0 Å². The van der Waals surface area contributed by atoms with Gasteiger partial charge in [0.1, 0.15) is 0 Å². The van der Waals surface area contributed by atoms with E-state index in [4.69, 9.17) is 0 Å². The highest BCUT2D eigenvalue weighted by molar-refractivity contribution is 5.86. The number of benzene rings is 1. The van der Waals surface area contributed by atoms with Gasteiger partial charge in [-0.1, -0.05) is 6.07 Å². The monoisotopic (exact) mass is 376 g/mol. The van der Waals surface area contributed by atoms with Crippen LogP contribution in [0.4, 0.5) is 4.39 Å². The summed E-state index contributed by atoms with van der Waals surface area (Å²) in [4.78, 5) is 17.2. The quantitative estimate of drug-likeness (QED) is 0.581. The summed E-state index contributed by atoms with van der Waals surface area (Å²) in [5.41, 5.74) is 2.75. The van der Waals surface area contributed by atoms with E-state index < -0.39 is 0 Å². The maximum absolute atomic E-state index is 14.4. The van der Waals surface area contributed by atoms with E-state index in [1.54, 1.807) is 10.6 Å². The number of hydrogen-bond acceptors (Lipinski definition) is 3. The van der Waals surface area contributed by atoms with Crippen molar-refractivity contribution in [3.05, 3.63) is 70.8 Å². The van der Waals surface area contributed by atoms with Gasteiger partial charge in [0.15, 0.2) is 11.5 Å². The highest BCUT2D eigenvalue weighted by Crippen LogP contribution is 2.26. The molecular weight excluding hydrogens is 355 g/mol. The second-order valence-corrected chi connectivity index (χ2v) is 7.52. The zero-order valence-corrected chi connectivity index (χ0v) is 15.7. The van der Waals surface area contributed by atoms with Crippen LogP contribution in [0.15, 0.2) is 53.7 Å². The maximum Gasteiger partial charge on any atom is 0.258 e. The van der Waals surface area contributed by atoms with Gasteiger partial charge in [-0.25, -0.2) is 9.37 Å². The van der Waals surface area contributed by atoms with Gasteiger partial charge >= 0.3 is 0 Å². The predicted octanol–water partition coefficient (Wildman–Crippen LogP) is 3.69. The normalized spacial score (nSPS) is 17.4. The molecule has 4 aromatic rings. The summed E-state index contributed by atoms with van der Waals surface area (Å²) in [5, 5.41) is 4.92. The molecule has 4 heterocycles. The van der Waals surface area contributed by atoms with Gasteiger partial charge in [0.05, 0.1) is 5.69 Å². The Bertz CT molecular complexity index is 1250. The van der Waals surface area contributed by atoms with Gasteiger partial charge in [0, 0.05) is 42.1 Å². The standard InChI is InChI=1S/C22H21FN4O/c1-14-12-26-13-17(10-20(23)21(26)25-14)15-4-5-19-16(9-15)6-8-27(22(19)28)18-3-2-7-24-11-18/h4-6,8-10,12-13,18,24H,2-3,7,11H2,1H3/t18-/m0/s1. The van der Waals surface area contributed by atoms with E-state index in [-0.39, 0.29) is 17.4 Å². The van der Waals surface area contributed by atoms with Crippen molar-refractivity contribution in [3.63, 3.8) is 0 Å². The summed E-state index contributed by atoms with van der Waals surface area (Å²) < 4.78 is 18.0. The minimum atomic E-state index is -0.356. The van der Waals surface area contributed by atoms with Gasteiger partial charge < -0.3 is 14.3 Å². The highest BCUT2D eigenvalue weighted by Gasteiger charge is 2.17. The smallest absolute Gasteiger partial charge is 0.258 e. The number of nitrogens with one attached hydrogen (secondary N) is 1. The summed E-state index contributed by atoms with van der Waals surface area (Å²) in [6.07, 6.45) is 7.65. The van der Waals surface area contributed by atoms with Crippen molar-refractivity contribution >= 4 is 16.4 Å². The van der Waals surface area contributed by atoms with E-state index in [2.05, 4.69) is 10.3 Å². The molecule has 1 aromatic carbocycles. The lowest BCUT2D eigenvalue weighted by atomic mass is 10.0. The Labute approximate surface area is 161 Å². The van der Waals surface area contributed by atoms with Crippen LogP contribution in [0.5, 0.6) is 0 Å². The van der Waals surface area contributed by atoms with Crippen LogP contribution in [0.3, 0.4) is 0 Å². The molecule has 0 saturated carbocycles. The first-order chi connectivity index (χ1) is 13.6. The van der Waals surface area contributed by atoms with Crippen LogP contribution < -0.4 is 10.9 Å². The zero-order valence-electron chi connectivity index (χ0n) is 15.7. The Morgan fingerprint density at radius 2 is 2.07 bits per heavy atom. The number of halogens is 1. The Hall–Kier alpha value is -2.99. The third-order valence-corrected chi connectivity index (χ3v) is 5.56. The Morgan fingerprint density at radius 3 is 2.89 bits per heavy atom. The first-order valence-corrected chi connectivity index (χ1v) is 9.61. The van der Waals surface area contributed by atoms with E-state index in [0.717, 1.165) is 48.1 Å². The average Bonchev–Trinajstić information content (AvgIpc) is 3.09. The Morgan fingerprint density at radius 1 is 1.18 bits per heavy atom. The molecule has 1 aliphatic heterocycles. The molecule has 0 aliphatic carbocycles. The highest BCUT2D eigenvalue weighted by atomic mass is 19.1. The molecule has 0 radical (unpaired) electrons. The lowest BCUT2D eigenvalue weighted by Crippen LogP contribution is -2.36. The van der Waals surface area contributed by atoms with Crippen molar-refractivity contribution in [2.24, 2.45) is 0 Å². The van der Waals surface area contributed by atoms with Crippen molar-refractivity contribution in [3.8, 4) is 11.1 Å². The molecule has 1 fully saturated rings. The lowest BCUT2D eigenvalue weighted by molar-refractivity contribution is 0.365. The lowest BCUT2D eigenvalue weighted by Gasteiger charge is -2.25. The average molecular weight is 376 g/mol. The number of imidazole rings is 1. The van der Waals surface area contributed by atoms with Gasteiger partial charge in [0.2, 0.25) is 0 Å². The molecule has 5 rings (SSSR count). The molecule has 142 valence electrons. The first kappa shape index (κ1) is 17.1. The summed E-state index contributed by atoms with van der Waals surface area (Å²) in [6, 6.07) is 9.36. The summed E-state index contributed by atoms with van der Waals surface area (Å²) >= 11 is 0. The summed E-state index contributed by atoms with van der Waals surface area (Å²) in [5.74, 6) is -0.356. The van der Waals surface area contributed by atoms with E-state index in [0.29, 0.717) is 11.0 Å². The Balaban J connectivity index is 1.59.